The first-order chi connectivity index (χ1) is 9.86. The second-order valence-electron chi connectivity index (χ2n) is 4.51. The molecule has 0 unspecified atom stereocenters. The van der Waals surface area contributed by atoms with E-state index >= 15 is 0 Å². The van der Waals surface area contributed by atoms with Crippen LogP contribution in [0.15, 0.2) is 60.8 Å². The third-order valence-electron chi connectivity index (χ3n) is 3.13. The Labute approximate surface area is 122 Å². The van der Waals surface area contributed by atoms with E-state index in [9.17, 15) is 0 Å². The summed E-state index contributed by atoms with van der Waals surface area (Å²) in [5.41, 5.74) is 4.31. The van der Waals surface area contributed by atoms with Crippen molar-refractivity contribution in [3.63, 3.8) is 0 Å². The van der Waals surface area contributed by atoms with Gasteiger partial charge in [-0.25, -0.2) is 4.68 Å². The summed E-state index contributed by atoms with van der Waals surface area (Å²) in [5, 5.41) is 8.21. The molecule has 20 heavy (non-hydrogen) atoms. The highest BCUT2D eigenvalue weighted by molar-refractivity contribution is 6.17. The fourth-order valence-corrected chi connectivity index (χ4v) is 2.27. The Balaban J connectivity index is 1.85. The summed E-state index contributed by atoms with van der Waals surface area (Å²) >= 11 is 5.70. The molecule has 0 aliphatic rings. The second-order valence-corrected chi connectivity index (χ2v) is 4.88. The molecule has 1 aromatic heterocycles. The maximum atomic E-state index is 5.70. The third-order valence-corrected chi connectivity index (χ3v) is 3.32. The van der Waals surface area contributed by atoms with E-state index in [1.165, 1.54) is 11.1 Å². The number of halogens is 1. The summed E-state index contributed by atoms with van der Waals surface area (Å²) in [6.07, 6.45) is 2.66. The summed E-state index contributed by atoms with van der Waals surface area (Å²) in [5.74, 6) is 0.561. The number of aryl methyl sites for hydroxylation is 1. The molecule has 0 spiro atoms. The quantitative estimate of drug-likeness (QED) is 0.683. The van der Waals surface area contributed by atoms with Gasteiger partial charge in [0.15, 0.2) is 0 Å². The first-order valence-corrected chi connectivity index (χ1v) is 7.03. The minimum Gasteiger partial charge on any atom is -0.220 e. The van der Waals surface area contributed by atoms with Gasteiger partial charge in [-0.3, -0.25) is 0 Å². The van der Waals surface area contributed by atoms with E-state index in [4.69, 9.17) is 11.6 Å². The lowest BCUT2D eigenvalue weighted by atomic mass is 10.1. The molecule has 0 amide bonds. The van der Waals surface area contributed by atoms with Crippen LogP contribution >= 0.6 is 11.6 Å². The van der Waals surface area contributed by atoms with Gasteiger partial charge in [-0.1, -0.05) is 47.7 Å². The van der Waals surface area contributed by atoms with Crippen LogP contribution in [0.1, 0.15) is 5.69 Å². The van der Waals surface area contributed by atoms with Crippen molar-refractivity contribution < 1.29 is 0 Å². The van der Waals surface area contributed by atoms with Crippen LogP contribution in [0.25, 0.3) is 16.8 Å². The summed E-state index contributed by atoms with van der Waals surface area (Å²) in [4.78, 5) is 0. The molecule has 0 aliphatic carbocycles. The fraction of sp³-hybridized carbons (Fsp3) is 0.125. The van der Waals surface area contributed by atoms with Crippen molar-refractivity contribution in [3.05, 3.63) is 66.5 Å². The van der Waals surface area contributed by atoms with Gasteiger partial charge in [0.05, 0.1) is 17.6 Å². The molecule has 100 valence electrons. The molecule has 3 nitrogen and oxygen atoms in total. The van der Waals surface area contributed by atoms with E-state index in [-0.39, 0.29) is 0 Å². The largest absolute Gasteiger partial charge is 0.220 e. The van der Waals surface area contributed by atoms with Gasteiger partial charge in [-0.2, -0.15) is 0 Å². The SMILES string of the molecule is ClCCc1cn(-c2ccc(-c3ccccc3)cc2)nn1. The van der Waals surface area contributed by atoms with Crippen LogP contribution in [0, 0.1) is 0 Å². The highest BCUT2D eigenvalue weighted by Crippen LogP contribution is 2.20. The van der Waals surface area contributed by atoms with E-state index in [1.807, 2.05) is 36.5 Å². The van der Waals surface area contributed by atoms with Crippen LogP contribution in [-0.4, -0.2) is 20.9 Å². The van der Waals surface area contributed by atoms with Crippen LogP contribution in [0.2, 0.25) is 0 Å². The Hall–Kier alpha value is -2.13. The van der Waals surface area contributed by atoms with Crippen LogP contribution in [-0.2, 0) is 6.42 Å². The van der Waals surface area contributed by atoms with Gasteiger partial charge >= 0.3 is 0 Å². The molecule has 0 N–H and O–H groups in total. The molecule has 0 bridgehead atoms. The first-order valence-electron chi connectivity index (χ1n) is 6.50. The van der Waals surface area contributed by atoms with Crippen LogP contribution in [0.4, 0.5) is 0 Å². The van der Waals surface area contributed by atoms with Gasteiger partial charge in [0.25, 0.3) is 0 Å². The molecule has 0 atom stereocenters. The van der Waals surface area contributed by atoms with Gasteiger partial charge < -0.3 is 0 Å². The van der Waals surface area contributed by atoms with E-state index in [1.54, 1.807) is 4.68 Å². The highest BCUT2D eigenvalue weighted by Gasteiger charge is 2.03. The van der Waals surface area contributed by atoms with Crippen molar-refractivity contribution in [2.75, 3.05) is 5.88 Å². The number of benzene rings is 2. The Morgan fingerprint density at radius 1 is 0.900 bits per heavy atom. The zero-order valence-electron chi connectivity index (χ0n) is 10.9. The Bertz CT molecular complexity index is 674. The monoisotopic (exact) mass is 283 g/mol. The molecule has 0 saturated carbocycles. The standard InChI is InChI=1S/C16H14ClN3/c17-11-10-15-12-20(19-18-15)16-8-6-14(7-9-16)13-4-2-1-3-5-13/h1-9,12H,10-11H2. The zero-order chi connectivity index (χ0) is 13.8. The van der Waals surface area contributed by atoms with E-state index in [0.29, 0.717) is 5.88 Å². The number of rotatable bonds is 4. The van der Waals surface area contributed by atoms with Gasteiger partial charge in [0.2, 0.25) is 0 Å². The molecule has 4 heteroatoms. The maximum Gasteiger partial charge on any atom is 0.0843 e. The van der Waals surface area contributed by atoms with Crippen LogP contribution in [0.3, 0.4) is 0 Å². The summed E-state index contributed by atoms with van der Waals surface area (Å²) in [6.45, 7) is 0. The molecule has 0 fully saturated rings. The van der Waals surface area contributed by atoms with Crippen molar-refractivity contribution in [1.82, 2.24) is 15.0 Å². The average Bonchev–Trinajstić information content (AvgIpc) is 2.97. The van der Waals surface area contributed by atoms with Crippen molar-refractivity contribution in [3.8, 4) is 16.8 Å². The number of alkyl halides is 1. The Kier molecular flexibility index (Phi) is 3.79. The van der Waals surface area contributed by atoms with E-state index < -0.39 is 0 Å². The molecule has 0 aliphatic heterocycles. The first kappa shape index (κ1) is 12.9. The van der Waals surface area contributed by atoms with Gasteiger partial charge in [0, 0.05) is 12.3 Å². The van der Waals surface area contributed by atoms with Gasteiger partial charge in [-0.15, -0.1) is 16.7 Å². The summed E-state index contributed by atoms with van der Waals surface area (Å²) in [6, 6.07) is 18.6. The number of hydrogen-bond donors (Lipinski definition) is 0. The molecule has 0 saturated heterocycles. The molecule has 3 rings (SSSR count). The van der Waals surface area contributed by atoms with Crippen LogP contribution in [0.5, 0.6) is 0 Å². The zero-order valence-corrected chi connectivity index (χ0v) is 11.7. The maximum absolute atomic E-state index is 5.70. The predicted octanol–water partition coefficient (Wildman–Crippen LogP) is 3.72. The Morgan fingerprint density at radius 3 is 2.30 bits per heavy atom. The number of nitrogens with zero attached hydrogens (tertiary/aromatic N) is 3. The lowest BCUT2D eigenvalue weighted by molar-refractivity contribution is 0.798. The van der Waals surface area contributed by atoms with Crippen LogP contribution < -0.4 is 0 Å². The van der Waals surface area contributed by atoms with Gasteiger partial charge in [-0.05, 0) is 23.3 Å². The number of aromatic nitrogens is 3. The van der Waals surface area contributed by atoms with E-state index in [2.05, 4.69) is 34.6 Å². The molecule has 3 aromatic rings. The molecule has 1 heterocycles. The lowest BCUT2D eigenvalue weighted by Crippen LogP contribution is -1.94. The molecular weight excluding hydrogens is 270 g/mol. The van der Waals surface area contributed by atoms with Crippen molar-refractivity contribution >= 4 is 11.6 Å². The Morgan fingerprint density at radius 2 is 1.60 bits per heavy atom. The van der Waals surface area contributed by atoms with E-state index in [0.717, 1.165) is 17.8 Å². The number of hydrogen-bond acceptors (Lipinski definition) is 2. The second kappa shape index (κ2) is 5.88. The lowest BCUT2D eigenvalue weighted by Gasteiger charge is -2.03. The average molecular weight is 284 g/mol. The smallest absolute Gasteiger partial charge is 0.0843 e. The van der Waals surface area contributed by atoms with Crippen molar-refractivity contribution in [1.29, 1.82) is 0 Å². The topological polar surface area (TPSA) is 30.7 Å². The minimum atomic E-state index is 0.561. The predicted molar refractivity (Wildman–Crippen MR) is 81.2 cm³/mol. The van der Waals surface area contributed by atoms with Gasteiger partial charge in [0.1, 0.15) is 0 Å². The normalized spacial score (nSPS) is 10.7. The summed E-state index contributed by atoms with van der Waals surface area (Å²) in [7, 11) is 0. The fourth-order valence-electron chi connectivity index (χ4n) is 2.07. The summed E-state index contributed by atoms with van der Waals surface area (Å²) < 4.78 is 1.77. The minimum absolute atomic E-state index is 0.561. The molecule has 0 radical (unpaired) electrons. The van der Waals surface area contributed by atoms with Crippen molar-refractivity contribution in [2.24, 2.45) is 0 Å². The third kappa shape index (κ3) is 2.73. The molecular formula is C16H14ClN3. The molecule has 2 aromatic carbocycles. The highest BCUT2D eigenvalue weighted by atomic mass is 35.5. The van der Waals surface area contributed by atoms with Crippen molar-refractivity contribution in [2.45, 2.75) is 6.42 Å².